The van der Waals surface area contributed by atoms with Gasteiger partial charge >= 0.3 is 6.03 Å². The van der Waals surface area contributed by atoms with Gasteiger partial charge in [0.25, 0.3) is 0 Å². The van der Waals surface area contributed by atoms with Gasteiger partial charge in [-0.15, -0.1) is 0 Å². The molecule has 4 aromatic rings. The van der Waals surface area contributed by atoms with Crippen molar-refractivity contribution in [2.45, 2.75) is 31.7 Å². The first-order valence-corrected chi connectivity index (χ1v) is 15.6. The Hall–Kier alpha value is -5.23. The van der Waals surface area contributed by atoms with E-state index in [2.05, 4.69) is 30.8 Å². The van der Waals surface area contributed by atoms with E-state index in [0.717, 1.165) is 61.1 Å². The Morgan fingerprint density at radius 3 is 2.59 bits per heavy atom. The van der Waals surface area contributed by atoms with E-state index < -0.39 is 6.03 Å². The van der Waals surface area contributed by atoms with Crippen LogP contribution < -0.4 is 25.6 Å². The van der Waals surface area contributed by atoms with Crippen LogP contribution in [0.1, 0.15) is 41.6 Å². The quantitative estimate of drug-likeness (QED) is 0.263. The molecule has 3 aliphatic rings. The van der Waals surface area contributed by atoms with Gasteiger partial charge in [-0.3, -0.25) is 14.6 Å². The highest BCUT2D eigenvalue weighted by atomic mass is 16.5. The highest BCUT2D eigenvalue weighted by Gasteiger charge is 2.31. The lowest BCUT2D eigenvalue weighted by Crippen LogP contribution is -2.45. The van der Waals surface area contributed by atoms with Gasteiger partial charge in [0.15, 0.2) is 5.76 Å². The number of pyridine rings is 2. The first-order valence-electron chi connectivity index (χ1n) is 15.6. The molecule has 0 spiro atoms. The van der Waals surface area contributed by atoms with Crippen molar-refractivity contribution >= 4 is 51.9 Å². The number of piperidine rings is 1. The summed E-state index contributed by atoms with van der Waals surface area (Å²) in [6, 6.07) is 10.2. The molecule has 0 atom stereocenters. The maximum absolute atomic E-state index is 13.5. The van der Waals surface area contributed by atoms with Crippen LogP contribution in [0.2, 0.25) is 0 Å². The van der Waals surface area contributed by atoms with Crippen LogP contribution in [-0.2, 0) is 16.6 Å². The van der Waals surface area contributed by atoms with E-state index in [-0.39, 0.29) is 29.4 Å². The van der Waals surface area contributed by atoms with Gasteiger partial charge in [-0.05, 0) is 68.2 Å². The second kappa shape index (κ2) is 12.6. The zero-order chi connectivity index (χ0) is 31.6. The summed E-state index contributed by atoms with van der Waals surface area (Å²) >= 11 is 0. The summed E-state index contributed by atoms with van der Waals surface area (Å²) in [5.74, 6) is 0.468. The van der Waals surface area contributed by atoms with Gasteiger partial charge in [-0.25, -0.2) is 9.78 Å². The molecule has 2 saturated heterocycles. The van der Waals surface area contributed by atoms with Crippen molar-refractivity contribution in [2.75, 3.05) is 41.8 Å². The summed E-state index contributed by atoms with van der Waals surface area (Å²) in [4.78, 5) is 49.9. The normalized spacial score (nSPS) is 18.0. The number of carbonyl (C=O) groups is 3. The predicted molar refractivity (Wildman–Crippen MR) is 174 cm³/mol. The number of aromatic nitrogens is 3. The van der Waals surface area contributed by atoms with Gasteiger partial charge in [-0.1, -0.05) is 0 Å². The lowest BCUT2D eigenvalue weighted by atomic mass is 9.94. The molecule has 0 saturated carbocycles. The number of ketones is 1. The first kappa shape index (κ1) is 29.5. The fourth-order valence-corrected chi connectivity index (χ4v) is 6.37. The third kappa shape index (κ3) is 6.03. The molecule has 46 heavy (non-hydrogen) atoms. The number of urea groups is 1. The number of carbonyl (C=O) groups excluding carboxylic acids is 3. The van der Waals surface area contributed by atoms with E-state index in [1.807, 2.05) is 23.9 Å². The molecular formula is C34H35N7O5. The second-order valence-electron chi connectivity index (χ2n) is 11.9. The number of hydrogen-bond acceptors (Lipinski definition) is 8. The molecule has 3 N–H and O–H groups in total. The molecular weight excluding hydrogens is 586 g/mol. The third-order valence-corrected chi connectivity index (χ3v) is 8.77. The minimum absolute atomic E-state index is 0.0161. The molecule has 0 bridgehead atoms. The molecule has 3 aliphatic heterocycles. The predicted octanol–water partition coefficient (Wildman–Crippen LogP) is 4.74. The number of nitrogens with zero attached hydrogens (tertiary/aromatic N) is 4. The molecule has 0 radical (unpaired) electrons. The van der Waals surface area contributed by atoms with Crippen LogP contribution in [0.15, 0.2) is 66.9 Å². The highest BCUT2D eigenvalue weighted by Crippen LogP contribution is 2.37. The van der Waals surface area contributed by atoms with Gasteiger partial charge in [0.05, 0.1) is 17.4 Å². The zero-order valence-electron chi connectivity index (χ0n) is 25.5. The van der Waals surface area contributed by atoms with E-state index >= 15 is 0 Å². The Balaban J connectivity index is 1.07. The van der Waals surface area contributed by atoms with Crippen molar-refractivity contribution in [2.24, 2.45) is 13.0 Å². The number of amides is 3. The van der Waals surface area contributed by atoms with Crippen LogP contribution in [0, 0.1) is 5.92 Å². The Labute approximate surface area is 265 Å². The van der Waals surface area contributed by atoms with E-state index in [4.69, 9.17) is 9.47 Å². The van der Waals surface area contributed by atoms with Gasteiger partial charge in [-0.2, -0.15) is 0 Å². The van der Waals surface area contributed by atoms with Crippen LogP contribution in [0.4, 0.5) is 21.9 Å². The van der Waals surface area contributed by atoms with Crippen LogP contribution in [0.5, 0.6) is 5.75 Å². The van der Waals surface area contributed by atoms with Crippen LogP contribution in [-0.4, -0.2) is 64.6 Å². The number of allylic oxidation sites excluding steroid dienone is 1. The molecule has 3 amide bonds. The molecule has 12 heteroatoms. The van der Waals surface area contributed by atoms with E-state index in [9.17, 15) is 14.4 Å². The average molecular weight is 622 g/mol. The average Bonchev–Trinajstić information content (AvgIpc) is 3.56. The van der Waals surface area contributed by atoms with Gasteiger partial charge < -0.3 is 34.9 Å². The smallest absolute Gasteiger partial charge is 0.323 e. The van der Waals surface area contributed by atoms with E-state index in [1.165, 1.54) is 0 Å². The van der Waals surface area contributed by atoms with Crippen molar-refractivity contribution in [3.05, 3.63) is 78.1 Å². The molecule has 236 valence electrons. The molecule has 12 nitrogen and oxygen atoms in total. The number of rotatable bonds is 6. The number of Topliss-reactive ketones (excluding diaryl/α,β-unsaturated/α-hetero) is 1. The minimum Gasteiger partial charge on any atom is -0.452 e. The molecule has 7 rings (SSSR count). The molecule has 0 aliphatic carbocycles. The summed E-state index contributed by atoms with van der Waals surface area (Å²) in [5.41, 5.74) is 3.98. The lowest BCUT2D eigenvalue weighted by Gasteiger charge is -2.34. The Morgan fingerprint density at radius 1 is 1.00 bits per heavy atom. The summed E-state index contributed by atoms with van der Waals surface area (Å²) in [5, 5.41) is 9.61. The fourth-order valence-electron chi connectivity index (χ4n) is 6.37. The number of hydrogen-bond donors (Lipinski definition) is 3. The first-order chi connectivity index (χ1) is 22.4. The minimum atomic E-state index is -0.449. The molecule has 3 aromatic heterocycles. The number of benzene rings is 1. The fraction of sp³-hybridized carbons (Fsp3) is 0.324. The summed E-state index contributed by atoms with van der Waals surface area (Å²) < 4.78 is 13.4. The number of fused-ring (bicyclic) bond motifs is 2. The number of nitrogens with one attached hydrogen (secondary N) is 3. The largest absolute Gasteiger partial charge is 0.452 e. The second-order valence-corrected chi connectivity index (χ2v) is 11.9. The number of aryl methyl sites for hydroxylation is 1. The molecule has 6 heterocycles. The maximum Gasteiger partial charge on any atom is 0.323 e. The zero-order valence-corrected chi connectivity index (χ0v) is 25.5. The number of anilines is 3. The van der Waals surface area contributed by atoms with E-state index in [1.54, 1.807) is 55.0 Å². The molecule has 1 aromatic carbocycles. The molecule has 0 unspecified atom stereocenters. The van der Waals surface area contributed by atoms with E-state index in [0.29, 0.717) is 35.9 Å². The van der Waals surface area contributed by atoms with Crippen molar-refractivity contribution in [1.29, 1.82) is 0 Å². The maximum atomic E-state index is 13.5. The van der Waals surface area contributed by atoms with Crippen molar-refractivity contribution < 1.29 is 23.9 Å². The Bertz CT molecular complexity index is 1820. The SMILES string of the molecule is Cn1cc(/C=C2\Oc3ccc(NC(=O)Nc4cccnc4)cc3C2=O)c2c(N3CCC(C(=O)NC4CCOCC4)CC3)ccnc21. The highest BCUT2D eigenvalue weighted by molar-refractivity contribution is 6.16. The third-order valence-electron chi connectivity index (χ3n) is 8.77. The van der Waals surface area contributed by atoms with Crippen LogP contribution >= 0.6 is 0 Å². The van der Waals surface area contributed by atoms with Crippen molar-refractivity contribution in [3.63, 3.8) is 0 Å². The van der Waals surface area contributed by atoms with Gasteiger partial charge in [0.1, 0.15) is 11.4 Å². The topological polar surface area (TPSA) is 140 Å². The van der Waals surface area contributed by atoms with Crippen LogP contribution in [0.3, 0.4) is 0 Å². The summed E-state index contributed by atoms with van der Waals surface area (Å²) in [6.45, 7) is 2.87. The lowest BCUT2D eigenvalue weighted by molar-refractivity contribution is -0.126. The Morgan fingerprint density at radius 2 is 1.80 bits per heavy atom. The van der Waals surface area contributed by atoms with Crippen molar-refractivity contribution in [3.8, 4) is 5.75 Å². The van der Waals surface area contributed by atoms with Crippen LogP contribution in [0.25, 0.3) is 17.1 Å². The number of ether oxygens (including phenoxy) is 2. The Kier molecular flexibility index (Phi) is 8.10. The molecule has 2 fully saturated rings. The van der Waals surface area contributed by atoms with Gasteiger partial charge in [0.2, 0.25) is 11.7 Å². The monoisotopic (exact) mass is 621 g/mol. The summed E-state index contributed by atoms with van der Waals surface area (Å²) in [7, 11) is 1.93. The van der Waals surface area contributed by atoms with Crippen molar-refractivity contribution in [1.82, 2.24) is 19.9 Å². The summed E-state index contributed by atoms with van der Waals surface area (Å²) in [6.07, 6.45) is 11.9. The standard InChI is InChI=1S/C34H35N7O5/c1-40-20-22(17-29-31(42)26-18-24(4-5-28(26)46-29)38-34(44)39-25-3-2-11-35-19-25)30-27(6-12-36-32(30)40)41-13-7-21(8-14-41)33(43)37-23-9-15-45-16-10-23/h2-6,11-12,17-21,23H,7-10,13-16H2,1H3,(H,37,43)(H2,38,39,44)/b29-17-. The van der Waals surface area contributed by atoms with Gasteiger partial charge in [0, 0.05) is 86.2 Å².